The summed E-state index contributed by atoms with van der Waals surface area (Å²) in [6.45, 7) is 0.705. The molecule has 2 aromatic rings. The van der Waals surface area contributed by atoms with Gasteiger partial charge in [-0.3, -0.25) is 9.78 Å². The number of anilines is 1. The van der Waals surface area contributed by atoms with Crippen LogP contribution >= 0.6 is 0 Å². The molecule has 1 fully saturated rings. The van der Waals surface area contributed by atoms with E-state index in [4.69, 9.17) is 0 Å². The molecule has 0 saturated carbocycles. The fraction of sp³-hybridized carbons (Fsp3) is 0.368. The molecule has 3 rings (SSSR count). The van der Waals surface area contributed by atoms with Crippen LogP contribution in [0.1, 0.15) is 22.3 Å². The lowest BCUT2D eigenvalue weighted by Crippen LogP contribution is -2.38. The molecule has 0 bridgehead atoms. The van der Waals surface area contributed by atoms with Crippen molar-refractivity contribution in [1.29, 1.82) is 0 Å². The van der Waals surface area contributed by atoms with Gasteiger partial charge >= 0.3 is 0 Å². The van der Waals surface area contributed by atoms with Crippen LogP contribution in [0.25, 0.3) is 0 Å². The Labute approximate surface area is 154 Å². The van der Waals surface area contributed by atoms with Crippen LogP contribution in [0.3, 0.4) is 0 Å². The standard InChI is InChI=1S/C19H23N3O3S/c1-21(13-15-6-4-3-5-7-15)18-10-16(11-20-12-18)19(23)22(2)17-8-9-26(24,25)14-17/h3-7,10-12,17H,8-9,13-14H2,1-2H3. The van der Waals surface area contributed by atoms with Crippen molar-refractivity contribution < 1.29 is 13.2 Å². The van der Waals surface area contributed by atoms with Crippen LogP contribution in [0.2, 0.25) is 0 Å². The van der Waals surface area contributed by atoms with Crippen molar-refractivity contribution in [3.05, 3.63) is 59.9 Å². The fourth-order valence-corrected chi connectivity index (χ4v) is 4.93. The predicted octanol–water partition coefficient (Wildman–Crippen LogP) is 1.98. The van der Waals surface area contributed by atoms with Crippen molar-refractivity contribution in [2.75, 3.05) is 30.5 Å². The molecular weight excluding hydrogens is 350 g/mol. The minimum absolute atomic E-state index is 0.0380. The van der Waals surface area contributed by atoms with Crippen molar-refractivity contribution in [3.8, 4) is 0 Å². The van der Waals surface area contributed by atoms with E-state index in [1.54, 1.807) is 19.3 Å². The van der Waals surface area contributed by atoms with Crippen molar-refractivity contribution in [2.45, 2.75) is 19.0 Å². The number of pyridine rings is 1. The molecule has 2 heterocycles. The van der Waals surface area contributed by atoms with Gasteiger partial charge < -0.3 is 9.80 Å². The third-order valence-corrected chi connectivity index (χ3v) is 6.50. The molecule has 1 saturated heterocycles. The van der Waals surface area contributed by atoms with Gasteiger partial charge in [0, 0.05) is 32.9 Å². The number of amides is 1. The molecule has 6 nitrogen and oxygen atoms in total. The molecule has 7 heteroatoms. The molecular formula is C19H23N3O3S. The Kier molecular flexibility index (Phi) is 5.27. The third-order valence-electron chi connectivity index (χ3n) is 4.75. The minimum atomic E-state index is -3.03. The Morgan fingerprint density at radius 1 is 1.19 bits per heavy atom. The lowest BCUT2D eigenvalue weighted by Gasteiger charge is -2.24. The summed E-state index contributed by atoms with van der Waals surface area (Å²) in [5, 5.41) is 0. The van der Waals surface area contributed by atoms with Crippen LogP contribution in [0.5, 0.6) is 0 Å². The summed E-state index contributed by atoms with van der Waals surface area (Å²) in [5.41, 5.74) is 2.47. The average Bonchev–Trinajstić information content (AvgIpc) is 3.01. The first-order valence-electron chi connectivity index (χ1n) is 8.53. The summed E-state index contributed by atoms with van der Waals surface area (Å²) in [5.74, 6) is -0.0153. The highest BCUT2D eigenvalue weighted by Gasteiger charge is 2.33. The number of hydrogen-bond donors (Lipinski definition) is 0. The van der Waals surface area contributed by atoms with Crippen molar-refractivity contribution in [2.24, 2.45) is 0 Å². The Hall–Kier alpha value is -2.41. The summed E-state index contributed by atoms with van der Waals surface area (Å²) in [7, 11) is 0.581. The molecule has 0 radical (unpaired) electrons. The largest absolute Gasteiger partial charge is 0.369 e. The van der Waals surface area contributed by atoms with Gasteiger partial charge in [0.25, 0.3) is 5.91 Å². The fourth-order valence-electron chi connectivity index (χ4n) is 3.15. The molecule has 1 aliphatic heterocycles. The zero-order chi connectivity index (χ0) is 18.7. The van der Waals surface area contributed by atoms with Crippen molar-refractivity contribution in [3.63, 3.8) is 0 Å². The van der Waals surface area contributed by atoms with E-state index in [1.165, 1.54) is 16.7 Å². The van der Waals surface area contributed by atoms with Crippen molar-refractivity contribution in [1.82, 2.24) is 9.88 Å². The van der Waals surface area contributed by atoms with Gasteiger partial charge in [0.05, 0.1) is 29.0 Å². The van der Waals surface area contributed by atoms with Gasteiger partial charge in [-0.05, 0) is 18.1 Å². The Morgan fingerprint density at radius 3 is 2.58 bits per heavy atom. The summed E-state index contributed by atoms with van der Waals surface area (Å²) >= 11 is 0. The van der Waals surface area contributed by atoms with E-state index in [1.807, 2.05) is 42.3 Å². The Morgan fingerprint density at radius 2 is 1.92 bits per heavy atom. The maximum absolute atomic E-state index is 12.7. The van der Waals surface area contributed by atoms with Gasteiger partial charge in [-0.1, -0.05) is 30.3 Å². The quantitative estimate of drug-likeness (QED) is 0.801. The topological polar surface area (TPSA) is 70.6 Å². The van der Waals surface area contributed by atoms with Gasteiger partial charge in [0.2, 0.25) is 0 Å². The highest BCUT2D eigenvalue weighted by atomic mass is 32.2. The Bertz CT molecular complexity index is 884. The lowest BCUT2D eigenvalue weighted by molar-refractivity contribution is 0.0747. The van der Waals surface area contributed by atoms with Gasteiger partial charge in [-0.15, -0.1) is 0 Å². The summed E-state index contributed by atoms with van der Waals surface area (Å²) in [6, 6.07) is 11.6. The number of rotatable bonds is 5. The molecule has 1 aliphatic rings. The minimum Gasteiger partial charge on any atom is -0.369 e. The molecule has 1 amide bonds. The van der Waals surface area contributed by atoms with Gasteiger partial charge in [-0.25, -0.2) is 8.42 Å². The van der Waals surface area contributed by atoms with E-state index < -0.39 is 9.84 Å². The van der Waals surface area contributed by atoms with E-state index in [-0.39, 0.29) is 23.5 Å². The second-order valence-electron chi connectivity index (χ2n) is 6.75. The third kappa shape index (κ3) is 4.22. The smallest absolute Gasteiger partial charge is 0.255 e. The SMILES string of the molecule is CN(Cc1ccccc1)c1cncc(C(=O)N(C)C2CCS(=O)(=O)C2)c1. The molecule has 1 atom stereocenters. The first-order chi connectivity index (χ1) is 12.4. The summed E-state index contributed by atoms with van der Waals surface area (Å²) in [4.78, 5) is 20.5. The normalized spacial score (nSPS) is 18.5. The second-order valence-corrected chi connectivity index (χ2v) is 8.98. The van der Waals surface area contributed by atoms with E-state index >= 15 is 0 Å². The number of carbonyl (C=O) groups excluding carboxylic acids is 1. The lowest BCUT2D eigenvalue weighted by atomic mass is 10.1. The molecule has 0 spiro atoms. The van der Waals surface area contributed by atoms with Crippen LogP contribution in [-0.4, -0.2) is 55.9 Å². The monoisotopic (exact) mass is 373 g/mol. The maximum atomic E-state index is 12.7. The molecule has 1 aromatic carbocycles. The average molecular weight is 373 g/mol. The highest BCUT2D eigenvalue weighted by molar-refractivity contribution is 7.91. The van der Waals surface area contributed by atoms with E-state index in [9.17, 15) is 13.2 Å². The number of aromatic nitrogens is 1. The number of hydrogen-bond acceptors (Lipinski definition) is 5. The maximum Gasteiger partial charge on any atom is 0.255 e. The van der Waals surface area contributed by atoms with Crippen LogP contribution in [0.15, 0.2) is 48.8 Å². The zero-order valence-electron chi connectivity index (χ0n) is 15.0. The van der Waals surface area contributed by atoms with Crippen LogP contribution in [0, 0.1) is 0 Å². The first-order valence-corrected chi connectivity index (χ1v) is 10.4. The number of sulfone groups is 1. The van der Waals surface area contributed by atoms with Gasteiger partial charge in [0.1, 0.15) is 0 Å². The molecule has 138 valence electrons. The molecule has 0 N–H and O–H groups in total. The van der Waals surface area contributed by atoms with E-state index in [0.717, 1.165) is 5.69 Å². The predicted molar refractivity (Wildman–Crippen MR) is 102 cm³/mol. The van der Waals surface area contributed by atoms with Crippen LogP contribution in [0.4, 0.5) is 5.69 Å². The molecule has 26 heavy (non-hydrogen) atoms. The van der Waals surface area contributed by atoms with E-state index in [2.05, 4.69) is 4.98 Å². The van der Waals surface area contributed by atoms with Crippen LogP contribution in [-0.2, 0) is 16.4 Å². The number of carbonyl (C=O) groups is 1. The highest BCUT2D eigenvalue weighted by Crippen LogP contribution is 2.21. The van der Waals surface area contributed by atoms with Crippen molar-refractivity contribution >= 4 is 21.4 Å². The second kappa shape index (κ2) is 7.45. The molecule has 0 aliphatic carbocycles. The van der Waals surface area contributed by atoms with Gasteiger partial charge in [0.15, 0.2) is 9.84 Å². The summed E-state index contributed by atoms with van der Waals surface area (Å²) in [6.07, 6.45) is 3.74. The van der Waals surface area contributed by atoms with Gasteiger partial charge in [-0.2, -0.15) is 0 Å². The van der Waals surface area contributed by atoms with E-state index in [0.29, 0.717) is 18.5 Å². The first kappa shape index (κ1) is 18.4. The summed E-state index contributed by atoms with van der Waals surface area (Å²) < 4.78 is 23.3. The van der Waals surface area contributed by atoms with Crippen LogP contribution < -0.4 is 4.90 Å². The number of nitrogens with zero attached hydrogens (tertiary/aromatic N) is 3. The molecule has 1 unspecified atom stereocenters. The Balaban J connectivity index is 1.73. The zero-order valence-corrected chi connectivity index (χ0v) is 15.8. The molecule has 1 aromatic heterocycles. The number of benzene rings is 1.